The molecule has 150 valence electrons. The Morgan fingerprint density at radius 2 is 1.89 bits per heavy atom. The molecule has 28 heavy (non-hydrogen) atoms. The van der Waals surface area contributed by atoms with Gasteiger partial charge in [0, 0.05) is 13.1 Å². The highest BCUT2D eigenvalue weighted by atomic mass is 32.1. The number of nitrogens with one attached hydrogen (secondary N) is 1. The molecule has 0 saturated heterocycles. The fraction of sp³-hybridized carbons (Fsp3) is 0.409. The van der Waals surface area contributed by atoms with Gasteiger partial charge in [0.15, 0.2) is 16.6 Å². The molecule has 1 heterocycles. The molecule has 0 fully saturated rings. The molecule has 2 aromatic rings. The van der Waals surface area contributed by atoms with Crippen molar-refractivity contribution < 1.29 is 14.9 Å². The van der Waals surface area contributed by atoms with Gasteiger partial charge in [-0.2, -0.15) is 0 Å². The second-order valence-electron chi connectivity index (χ2n) is 7.50. The first-order valence-corrected chi connectivity index (χ1v) is 10.0. The predicted molar refractivity (Wildman–Crippen MR) is 115 cm³/mol. The molecule has 0 bridgehead atoms. The van der Waals surface area contributed by atoms with Crippen molar-refractivity contribution in [3.05, 3.63) is 53.1 Å². The molecule has 6 heteroatoms. The molecule has 1 atom stereocenters. The van der Waals surface area contributed by atoms with Crippen LogP contribution in [0.15, 0.2) is 36.4 Å². The maximum Gasteiger partial charge on any atom is 0.169 e. The molecule has 1 unspecified atom stereocenters. The lowest BCUT2D eigenvalue weighted by molar-refractivity contribution is 0.233. The maximum atomic E-state index is 9.98. The van der Waals surface area contributed by atoms with Crippen molar-refractivity contribution in [2.24, 2.45) is 5.92 Å². The van der Waals surface area contributed by atoms with Gasteiger partial charge in [0.05, 0.1) is 13.2 Å². The smallest absolute Gasteiger partial charge is 0.169 e. The standard InChI is InChI=1S/C22H28N2O3S/c1-14(2)21-18-13-20(26)19(25)12-16(18)9-11-24(21)22(28)23-10-8-15-4-6-17(27-3)7-5-15/h4-7,12-14,21,25-26H,8-11H2,1-3H3,(H,23,28). The Morgan fingerprint density at radius 3 is 2.54 bits per heavy atom. The zero-order valence-corrected chi connectivity index (χ0v) is 17.4. The number of fused-ring (bicyclic) bond motifs is 1. The van der Waals surface area contributed by atoms with Crippen LogP contribution in [0, 0.1) is 5.92 Å². The highest BCUT2D eigenvalue weighted by molar-refractivity contribution is 7.80. The van der Waals surface area contributed by atoms with Gasteiger partial charge in [-0.3, -0.25) is 0 Å². The van der Waals surface area contributed by atoms with Crippen molar-refractivity contribution in [1.82, 2.24) is 10.2 Å². The summed E-state index contributed by atoms with van der Waals surface area (Å²) in [6, 6.07) is 11.5. The van der Waals surface area contributed by atoms with E-state index in [0.717, 1.165) is 47.9 Å². The average Bonchev–Trinajstić information content (AvgIpc) is 2.68. The van der Waals surface area contributed by atoms with Gasteiger partial charge in [-0.1, -0.05) is 26.0 Å². The molecule has 3 N–H and O–H groups in total. The van der Waals surface area contributed by atoms with Crippen LogP contribution in [0.2, 0.25) is 0 Å². The molecule has 5 nitrogen and oxygen atoms in total. The van der Waals surface area contributed by atoms with E-state index in [9.17, 15) is 10.2 Å². The molecule has 0 aromatic heterocycles. The molecule has 3 rings (SSSR count). The largest absolute Gasteiger partial charge is 0.504 e. The van der Waals surface area contributed by atoms with Crippen LogP contribution >= 0.6 is 12.2 Å². The fourth-order valence-electron chi connectivity index (χ4n) is 3.83. The van der Waals surface area contributed by atoms with E-state index in [4.69, 9.17) is 17.0 Å². The summed E-state index contributed by atoms with van der Waals surface area (Å²) in [4.78, 5) is 2.20. The van der Waals surface area contributed by atoms with Crippen molar-refractivity contribution in [3.63, 3.8) is 0 Å². The van der Waals surface area contributed by atoms with E-state index in [-0.39, 0.29) is 17.5 Å². The van der Waals surface area contributed by atoms with Crippen molar-refractivity contribution in [1.29, 1.82) is 0 Å². The van der Waals surface area contributed by atoms with Gasteiger partial charge in [0.25, 0.3) is 0 Å². The number of hydrogen-bond donors (Lipinski definition) is 3. The third kappa shape index (κ3) is 4.33. The first kappa shape index (κ1) is 20.3. The van der Waals surface area contributed by atoms with Crippen molar-refractivity contribution in [2.75, 3.05) is 20.2 Å². The van der Waals surface area contributed by atoms with Gasteiger partial charge in [0.2, 0.25) is 0 Å². The normalized spacial score (nSPS) is 16.0. The molecular formula is C22H28N2O3S. The third-order valence-electron chi connectivity index (χ3n) is 5.25. The minimum Gasteiger partial charge on any atom is -0.504 e. The van der Waals surface area contributed by atoms with Gasteiger partial charge < -0.3 is 25.2 Å². The van der Waals surface area contributed by atoms with Gasteiger partial charge in [-0.15, -0.1) is 0 Å². The minimum absolute atomic E-state index is 0.0603. The number of benzene rings is 2. The Hall–Kier alpha value is -2.47. The van der Waals surface area contributed by atoms with E-state index < -0.39 is 0 Å². The topological polar surface area (TPSA) is 65.0 Å². The lowest BCUT2D eigenvalue weighted by atomic mass is 9.86. The van der Waals surface area contributed by atoms with E-state index in [1.54, 1.807) is 19.2 Å². The minimum atomic E-state index is -0.0790. The number of aromatic hydroxyl groups is 2. The van der Waals surface area contributed by atoms with Crippen LogP contribution in [0.5, 0.6) is 17.2 Å². The number of ether oxygens (including phenoxy) is 1. The predicted octanol–water partition coefficient (Wildman–Crippen LogP) is 3.78. The molecule has 0 spiro atoms. The van der Waals surface area contributed by atoms with E-state index in [1.165, 1.54) is 5.56 Å². The zero-order chi connectivity index (χ0) is 20.3. The Bertz CT molecular complexity index is 836. The number of phenols is 2. The number of phenolic OH excluding ortho intramolecular Hbond substituents is 2. The number of rotatable bonds is 5. The van der Waals surface area contributed by atoms with Crippen molar-refractivity contribution in [3.8, 4) is 17.2 Å². The van der Waals surface area contributed by atoms with Gasteiger partial charge >= 0.3 is 0 Å². The maximum absolute atomic E-state index is 9.98. The number of hydrogen-bond acceptors (Lipinski definition) is 4. The van der Waals surface area contributed by atoms with E-state index in [2.05, 4.69) is 36.2 Å². The lowest BCUT2D eigenvalue weighted by Gasteiger charge is -2.41. The monoisotopic (exact) mass is 400 g/mol. The summed E-state index contributed by atoms with van der Waals surface area (Å²) in [6.07, 6.45) is 1.66. The summed E-state index contributed by atoms with van der Waals surface area (Å²) in [5, 5.41) is 23.9. The molecular weight excluding hydrogens is 372 g/mol. The molecule has 0 radical (unpaired) electrons. The Balaban J connectivity index is 1.67. The first-order chi connectivity index (χ1) is 13.4. The number of nitrogens with zero attached hydrogens (tertiary/aromatic N) is 1. The molecule has 2 aromatic carbocycles. The third-order valence-corrected chi connectivity index (χ3v) is 5.63. The number of thiocarbonyl (C=S) groups is 1. The van der Waals surface area contributed by atoms with Crippen LogP contribution in [0.25, 0.3) is 0 Å². The van der Waals surface area contributed by atoms with Crippen LogP contribution in [-0.4, -0.2) is 40.4 Å². The van der Waals surface area contributed by atoms with Crippen LogP contribution in [0.3, 0.4) is 0 Å². The average molecular weight is 401 g/mol. The summed E-state index contributed by atoms with van der Waals surface area (Å²) in [5.41, 5.74) is 3.34. The van der Waals surface area contributed by atoms with Crippen LogP contribution in [0.1, 0.15) is 36.6 Å². The van der Waals surface area contributed by atoms with Crippen LogP contribution < -0.4 is 10.1 Å². The Kier molecular flexibility index (Phi) is 6.29. The van der Waals surface area contributed by atoms with Crippen molar-refractivity contribution >= 4 is 17.3 Å². The summed E-state index contributed by atoms with van der Waals surface area (Å²) in [5.74, 6) is 1.03. The Labute approximate surface area is 172 Å². The van der Waals surface area contributed by atoms with E-state index in [1.807, 2.05) is 12.1 Å². The van der Waals surface area contributed by atoms with Crippen LogP contribution in [0.4, 0.5) is 0 Å². The van der Waals surface area contributed by atoms with Gasteiger partial charge in [-0.05, 0) is 71.9 Å². The summed E-state index contributed by atoms with van der Waals surface area (Å²) in [6.45, 7) is 5.84. The highest BCUT2D eigenvalue weighted by Gasteiger charge is 2.32. The summed E-state index contributed by atoms with van der Waals surface area (Å²) in [7, 11) is 1.66. The lowest BCUT2D eigenvalue weighted by Crippen LogP contribution is -2.47. The molecule has 1 aliphatic rings. The molecule has 0 aliphatic carbocycles. The molecule has 1 aliphatic heterocycles. The van der Waals surface area contributed by atoms with Gasteiger partial charge in [0.1, 0.15) is 5.75 Å². The SMILES string of the molecule is COc1ccc(CCNC(=S)N2CCc3cc(O)c(O)cc3C2C(C)C)cc1. The fourth-order valence-corrected chi connectivity index (χ4v) is 4.14. The van der Waals surface area contributed by atoms with E-state index >= 15 is 0 Å². The summed E-state index contributed by atoms with van der Waals surface area (Å²) >= 11 is 5.70. The quantitative estimate of drug-likeness (QED) is 0.524. The number of methoxy groups -OCH3 is 1. The molecule has 0 amide bonds. The van der Waals surface area contributed by atoms with Gasteiger partial charge in [-0.25, -0.2) is 0 Å². The highest BCUT2D eigenvalue weighted by Crippen LogP contribution is 2.40. The first-order valence-electron chi connectivity index (χ1n) is 9.63. The Morgan fingerprint density at radius 1 is 1.21 bits per heavy atom. The molecule has 0 saturated carbocycles. The second-order valence-corrected chi connectivity index (χ2v) is 7.89. The summed E-state index contributed by atoms with van der Waals surface area (Å²) < 4.78 is 5.19. The zero-order valence-electron chi connectivity index (χ0n) is 16.6. The van der Waals surface area contributed by atoms with Crippen molar-refractivity contribution in [2.45, 2.75) is 32.7 Å². The van der Waals surface area contributed by atoms with E-state index in [0.29, 0.717) is 5.92 Å². The second kappa shape index (κ2) is 8.69. The van der Waals surface area contributed by atoms with Crippen LogP contribution in [-0.2, 0) is 12.8 Å².